The summed E-state index contributed by atoms with van der Waals surface area (Å²) in [5.41, 5.74) is 3.21. The Morgan fingerprint density at radius 1 is 1.40 bits per heavy atom. The highest BCUT2D eigenvalue weighted by Crippen LogP contribution is 2.28. The van der Waals surface area contributed by atoms with E-state index in [9.17, 15) is 14.4 Å². The summed E-state index contributed by atoms with van der Waals surface area (Å²) in [6.07, 6.45) is 12.3. The predicted octanol–water partition coefficient (Wildman–Crippen LogP) is 3.37. The van der Waals surface area contributed by atoms with E-state index in [2.05, 4.69) is 34.6 Å². The van der Waals surface area contributed by atoms with Gasteiger partial charge in [-0.1, -0.05) is 29.9 Å². The van der Waals surface area contributed by atoms with Crippen LogP contribution >= 0.6 is 0 Å². The second kappa shape index (κ2) is 13.6. The Kier molecular flexibility index (Phi) is 10.5. The van der Waals surface area contributed by atoms with Crippen molar-refractivity contribution in [3.05, 3.63) is 65.3 Å². The van der Waals surface area contributed by atoms with Crippen LogP contribution in [0.25, 0.3) is 0 Å². The minimum Gasteiger partial charge on any atom is -0.332 e. The zero-order chi connectivity index (χ0) is 25.8. The molecule has 1 aliphatic heterocycles. The monoisotopic (exact) mass is 472 g/mol. The average Bonchev–Trinajstić information content (AvgIpc) is 3.38. The maximum absolute atomic E-state index is 12.9. The summed E-state index contributed by atoms with van der Waals surface area (Å²) in [7, 11) is 1.91. The van der Waals surface area contributed by atoms with Gasteiger partial charge in [0, 0.05) is 50.0 Å². The van der Waals surface area contributed by atoms with E-state index in [0.29, 0.717) is 31.4 Å². The van der Waals surface area contributed by atoms with Gasteiger partial charge >= 0.3 is 0 Å². The zero-order valence-corrected chi connectivity index (χ0v) is 20.6. The molecular formula is C28H32N4O3. The van der Waals surface area contributed by atoms with Crippen LogP contribution in [0.1, 0.15) is 72.5 Å². The van der Waals surface area contributed by atoms with E-state index in [1.54, 1.807) is 17.2 Å². The summed E-state index contributed by atoms with van der Waals surface area (Å²) in [4.78, 5) is 40.9. The quantitative estimate of drug-likeness (QED) is 0.276. The Hall–Kier alpha value is -4.10. The third kappa shape index (κ3) is 7.19. The maximum atomic E-state index is 12.9. The number of carbonyl (C=O) groups is 3. The molecule has 35 heavy (non-hydrogen) atoms. The lowest BCUT2D eigenvalue weighted by molar-refractivity contribution is -0.125. The number of benzene rings is 1. The number of carbonyl (C=O) groups excluding carboxylic acids is 3. The molecule has 2 heterocycles. The van der Waals surface area contributed by atoms with Gasteiger partial charge in [0.2, 0.25) is 12.3 Å². The van der Waals surface area contributed by atoms with Gasteiger partial charge < -0.3 is 9.47 Å². The molecule has 0 saturated heterocycles. The third-order valence-electron chi connectivity index (χ3n) is 5.69. The van der Waals surface area contributed by atoms with E-state index in [-0.39, 0.29) is 24.3 Å². The fourth-order valence-corrected chi connectivity index (χ4v) is 3.77. The Balaban J connectivity index is 0.00000137. The predicted molar refractivity (Wildman–Crippen MR) is 136 cm³/mol. The molecule has 1 aromatic heterocycles. The smallest absolute Gasteiger partial charge is 0.254 e. The Morgan fingerprint density at radius 2 is 2.14 bits per heavy atom. The average molecular weight is 473 g/mol. The molecule has 1 aromatic carbocycles. The van der Waals surface area contributed by atoms with Crippen molar-refractivity contribution in [3.8, 4) is 24.2 Å². The SMILES string of the molecule is C#Cc1cnc(CCCC#Cc2cccc3c2CN(C(C)CCC(=O)NC=O)C3=O)n1C.C=CC. The number of imidazole rings is 1. The van der Waals surface area contributed by atoms with E-state index in [0.717, 1.165) is 35.5 Å². The highest BCUT2D eigenvalue weighted by molar-refractivity contribution is 5.99. The first kappa shape index (κ1) is 27.1. The molecular weight excluding hydrogens is 440 g/mol. The van der Waals surface area contributed by atoms with Gasteiger partial charge in [-0.2, -0.15) is 0 Å². The van der Waals surface area contributed by atoms with Crippen molar-refractivity contribution < 1.29 is 14.4 Å². The topological polar surface area (TPSA) is 84.3 Å². The van der Waals surface area contributed by atoms with Crippen LogP contribution in [0.5, 0.6) is 0 Å². The minimum atomic E-state index is -0.344. The van der Waals surface area contributed by atoms with Gasteiger partial charge in [-0.25, -0.2) is 4.98 Å². The summed E-state index contributed by atoms with van der Waals surface area (Å²) in [6.45, 7) is 7.63. The molecule has 1 aliphatic rings. The first-order valence-electron chi connectivity index (χ1n) is 11.6. The first-order chi connectivity index (χ1) is 16.9. The number of nitrogens with one attached hydrogen (secondary N) is 1. The van der Waals surface area contributed by atoms with Gasteiger partial charge in [0.05, 0.1) is 6.20 Å². The number of terminal acetylenes is 1. The standard InChI is InChI=1S/C25H26N4O3.C3H6/c1-4-20-15-26-23(28(20)3)12-7-5-6-9-19-10-8-11-21-22(19)16-29(25(21)32)18(2)13-14-24(31)27-17-30;1-3-2/h1,8,10-11,15,17-18H,5,7,12-14,16H2,2-3H3,(H,27,30,31);3H,1H2,2H3. The highest BCUT2D eigenvalue weighted by atomic mass is 16.2. The van der Waals surface area contributed by atoms with E-state index >= 15 is 0 Å². The van der Waals surface area contributed by atoms with Crippen LogP contribution in [0.2, 0.25) is 0 Å². The normalized spacial score (nSPS) is 12.3. The van der Waals surface area contributed by atoms with Crippen molar-refractivity contribution in [2.75, 3.05) is 0 Å². The lowest BCUT2D eigenvalue weighted by Crippen LogP contribution is -2.34. The number of amides is 3. The molecule has 0 fully saturated rings. The van der Waals surface area contributed by atoms with Crippen LogP contribution in [0.3, 0.4) is 0 Å². The Labute approximate surface area is 207 Å². The Morgan fingerprint density at radius 3 is 2.80 bits per heavy atom. The number of aryl methyl sites for hydroxylation is 1. The molecule has 3 rings (SSSR count). The Bertz CT molecular complexity index is 1180. The molecule has 0 radical (unpaired) electrons. The summed E-state index contributed by atoms with van der Waals surface area (Å²) in [6, 6.07) is 5.47. The molecule has 1 unspecified atom stereocenters. The van der Waals surface area contributed by atoms with Crippen LogP contribution in [0.4, 0.5) is 0 Å². The number of hydrogen-bond acceptors (Lipinski definition) is 4. The van der Waals surface area contributed by atoms with E-state index < -0.39 is 0 Å². The number of hydrogen-bond donors (Lipinski definition) is 1. The van der Waals surface area contributed by atoms with Crippen molar-refractivity contribution in [1.82, 2.24) is 19.8 Å². The van der Waals surface area contributed by atoms with Crippen molar-refractivity contribution >= 4 is 18.2 Å². The van der Waals surface area contributed by atoms with Gasteiger partial charge in [-0.05, 0) is 44.4 Å². The second-order valence-corrected chi connectivity index (χ2v) is 8.16. The first-order valence-corrected chi connectivity index (χ1v) is 11.6. The molecule has 2 aromatic rings. The van der Waals surface area contributed by atoms with Gasteiger partial charge in [-0.15, -0.1) is 13.0 Å². The molecule has 182 valence electrons. The maximum Gasteiger partial charge on any atom is 0.254 e. The largest absolute Gasteiger partial charge is 0.332 e. The molecule has 7 nitrogen and oxygen atoms in total. The number of nitrogens with zero attached hydrogens (tertiary/aromatic N) is 3. The molecule has 0 saturated carbocycles. The molecule has 0 aliphatic carbocycles. The van der Waals surface area contributed by atoms with Gasteiger partial charge in [0.25, 0.3) is 5.91 Å². The summed E-state index contributed by atoms with van der Waals surface area (Å²) >= 11 is 0. The van der Waals surface area contributed by atoms with Gasteiger partial charge in [-0.3, -0.25) is 19.7 Å². The van der Waals surface area contributed by atoms with Crippen LogP contribution in [-0.4, -0.2) is 38.7 Å². The third-order valence-corrected chi connectivity index (χ3v) is 5.69. The number of rotatable bonds is 8. The lowest BCUT2D eigenvalue weighted by atomic mass is 10.0. The number of fused-ring (bicyclic) bond motifs is 1. The molecule has 0 bridgehead atoms. The number of allylic oxidation sites excluding steroid dienone is 1. The van der Waals surface area contributed by atoms with Crippen molar-refractivity contribution in [2.45, 2.75) is 58.5 Å². The number of imide groups is 1. The van der Waals surface area contributed by atoms with Crippen LogP contribution in [0.15, 0.2) is 37.1 Å². The number of unbranched alkanes of at least 4 members (excludes halogenated alkanes) is 1. The van der Waals surface area contributed by atoms with Gasteiger partial charge in [0.15, 0.2) is 0 Å². The van der Waals surface area contributed by atoms with Crippen molar-refractivity contribution in [1.29, 1.82) is 0 Å². The van der Waals surface area contributed by atoms with Crippen LogP contribution in [-0.2, 0) is 29.6 Å². The van der Waals surface area contributed by atoms with E-state index in [1.807, 2.05) is 43.7 Å². The molecule has 7 heteroatoms. The fourth-order valence-electron chi connectivity index (χ4n) is 3.77. The second-order valence-electron chi connectivity index (χ2n) is 8.16. The number of aromatic nitrogens is 2. The van der Waals surface area contributed by atoms with Crippen molar-refractivity contribution in [3.63, 3.8) is 0 Å². The fraction of sp³-hybridized carbons (Fsp3) is 0.357. The highest BCUT2D eigenvalue weighted by Gasteiger charge is 2.32. The van der Waals surface area contributed by atoms with Crippen molar-refractivity contribution in [2.24, 2.45) is 7.05 Å². The summed E-state index contributed by atoms with van der Waals surface area (Å²) < 4.78 is 1.92. The van der Waals surface area contributed by atoms with E-state index in [1.165, 1.54) is 0 Å². The zero-order valence-electron chi connectivity index (χ0n) is 20.6. The molecule has 1 N–H and O–H groups in total. The van der Waals surface area contributed by atoms with Gasteiger partial charge in [0.1, 0.15) is 11.5 Å². The lowest BCUT2D eigenvalue weighted by Gasteiger charge is -2.24. The van der Waals surface area contributed by atoms with E-state index in [4.69, 9.17) is 6.42 Å². The summed E-state index contributed by atoms with van der Waals surface area (Å²) in [5.74, 6) is 9.58. The molecule has 1 atom stereocenters. The summed E-state index contributed by atoms with van der Waals surface area (Å²) in [5, 5.41) is 2.12. The van der Waals surface area contributed by atoms with Crippen LogP contribution in [0, 0.1) is 24.2 Å². The minimum absolute atomic E-state index is 0.0500. The van der Waals surface area contributed by atoms with Crippen LogP contribution < -0.4 is 5.32 Å². The molecule has 0 spiro atoms. The molecule has 3 amide bonds.